The van der Waals surface area contributed by atoms with Crippen LogP contribution < -0.4 is 9.47 Å². The smallest absolute Gasteiger partial charge is 0.256 e. The number of benzene rings is 3. The van der Waals surface area contributed by atoms with Gasteiger partial charge >= 0.3 is 0 Å². The van der Waals surface area contributed by atoms with E-state index >= 15 is 0 Å². The molecule has 10 heteroatoms. The minimum Gasteiger partial charge on any atom is -0.497 e. The summed E-state index contributed by atoms with van der Waals surface area (Å²) in [5, 5.41) is 3.50. The van der Waals surface area contributed by atoms with Gasteiger partial charge in [0.05, 0.1) is 19.8 Å². The van der Waals surface area contributed by atoms with Crippen molar-refractivity contribution in [3.05, 3.63) is 93.8 Å². The summed E-state index contributed by atoms with van der Waals surface area (Å²) in [4.78, 5) is 31.6. The van der Waals surface area contributed by atoms with E-state index in [-0.39, 0.29) is 11.8 Å². The largest absolute Gasteiger partial charge is 0.497 e. The van der Waals surface area contributed by atoms with Crippen LogP contribution in [0.2, 0.25) is 5.02 Å². The van der Waals surface area contributed by atoms with Gasteiger partial charge in [-0.2, -0.15) is 0 Å². The van der Waals surface area contributed by atoms with E-state index in [1.165, 1.54) is 0 Å². The highest BCUT2D eigenvalue weighted by Gasteiger charge is 2.51. The summed E-state index contributed by atoms with van der Waals surface area (Å²) in [6, 6.07) is 21.3. The number of likely N-dealkylation sites (tertiary alicyclic amines) is 1. The van der Waals surface area contributed by atoms with Crippen LogP contribution in [0.4, 0.5) is 0 Å². The Kier molecular flexibility index (Phi) is 9.86. The summed E-state index contributed by atoms with van der Waals surface area (Å²) in [5.74, 6) is 2.08. The van der Waals surface area contributed by atoms with Crippen molar-refractivity contribution in [2.24, 2.45) is 0 Å². The van der Waals surface area contributed by atoms with Crippen molar-refractivity contribution in [2.45, 2.75) is 32.0 Å². The maximum atomic E-state index is 14.2. The molecule has 0 spiro atoms. The average Bonchev–Trinajstić information content (AvgIpc) is 3.45. The van der Waals surface area contributed by atoms with E-state index in [0.29, 0.717) is 48.9 Å². The number of carbonyl (C=O) groups is 2. The number of nitrogens with zero attached hydrogens (tertiary/aromatic N) is 3. The predicted molar refractivity (Wildman–Crippen MR) is 176 cm³/mol. The van der Waals surface area contributed by atoms with Crippen LogP contribution in [0, 0.1) is 0 Å². The lowest BCUT2D eigenvalue weighted by Gasteiger charge is -2.51. The van der Waals surface area contributed by atoms with Crippen LogP contribution in [0.25, 0.3) is 10.1 Å². The van der Waals surface area contributed by atoms with Crippen molar-refractivity contribution in [1.82, 2.24) is 14.1 Å². The summed E-state index contributed by atoms with van der Waals surface area (Å²) in [7, 11) is 5.32. The fraction of sp³-hybridized carbons (Fsp3) is 0.333. The zero-order valence-corrected chi connectivity index (χ0v) is 27.2. The van der Waals surface area contributed by atoms with E-state index in [2.05, 4.69) is 4.31 Å². The van der Waals surface area contributed by atoms with E-state index in [0.717, 1.165) is 32.7 Å². The van der Waals surface area contributed by atoms with E-state index in [1.807, 2.05) is 91.0 Å². The zero-order chi connectivity index (χ0) is 30.6. The number of hydrogen-bond donors (Lipinski definition) is 0. The van der Waals surface area contributed by atoms with Gasteiger partial charge in [0.15, 0.2) is 0 Å². The summed E-state index contributed by atoms with van der Waals surface area (Å²) in [5.41, 5.74) is 1.79. The van der Waals surface area contributed by atoms with Gasteiger partial charge in [-0.15, -0.1) is 11.3 Å². The van der Waals surface area contributed by atoms with Gasteiger partial charge in [-0.3, -0.25) is 9.59 Å². The van der Waals surface area contributed by atoms with Gasteiger partial charge < -0.3 is 19.3 Å². The Balaban J connectivity index is 1.29. The van der Waals surface area contributed by atoms with Gasteiger partial charge in [0.1, 0.15) is 17.0 Å². The van der Waals surface area contributed by atoms with E-state index in [1.54, 1.807) is 42.4 Å². The molecule has 0 radical (unpaired) electrons. The molecule has 0 saturated carbocycles. The van der Waals surface area contributed by atoms with Crippen LogP contribution in [-0.2, 0) is 17.9 Å². The monoisotopic (exact) mass is 637 g/mol. The molecule has 1 aliphatic heterocycles. The van der Waals surface area contributed by atoms with Crippen LogP contribution in [-0.4, -0.2) is 71.6 Å². The van der Waals surface area contributed by atoms with Crippen molar-refractivity contribution >= 4 is 56.8 Å². The second-order valence-corrected chi connectivity index (χ2v) is 13.4. The number of amides is 2. The van der Waals surface area contributed by atoms with Crippen LogP contribution in [0.5, 0.6) is 11.5 Å². The Bertz CT molecular complexity index is 1590. The summed E-state index contributed by atoms with van der Waals surface area (Å²) < 4.78 is 14.1. The average molecular weight is 638 g/mol. The molecule has 1 unspecified atom stereocenters. The molecule has 1 saturated heterocycles. The van der Waals surface area contributed by atoms with Crippen molar-refractivity contribution in [1.29, 1.82) is 0 Å². The topological polar surface area (TPSA) is 62.3 Å². The van der Waals surface area contributed by atoms with Gasteiger partial charge in [-0.25, -0.2) is 4.31 Å². The molecule has 2 heterocycles. The van der Waals surface area contributed by atoms with Gasteiger partial charge in [0, 0.05) is 64.1 Å². The van der Waals surface area contributed by atoms with E-state index < -0.39 is 5.54 Å². The summed E-state index contributed by atoms with van der Waals surface area (Å²) in [6.45, 7) is 4.08. The SMILES string of the molecule is COc1ccc(CN(C)SCCN(Cc2ccc(Cl)cc2)C(=O)C2(C)CCN2C(=O)c2csc3ccccc23)c(OC)c1. The third-order valence-electron chi connectivity index (χ3n) is 7.97. The fourth-order valence-corrected chi connectivity index (χ4v) is 7.28. The Morgan fingerprint density at radius 1 is 1.05 bits per heavy atom. The number of halogens is 1. The highest BCUT2D eigenvalue weighted by Crippen LogP contribution is 2.37. The first kappa shape index (κ1) is 31.2. The molecule has 2 amide bonds. The van der Waals surface area contributed by atoms with Gasteiger partial charge in [-0.05, 0) is 50.2 Å². The van der Waals surface area contributed by atoms with Crippen LogP contribution in [0.3, 0.4) is 0 Å². The molecule has 43 heavy (non-hydrogen) atoms. The number of methoxy groups -OCH3 is 2. The predicted octanol–water partition coefficient (Wildman–Crippen LogP) is 6.99. The lowest BCUT2D eigenvalue weighted by Crippen LogP contribution is -2.67. The Labute approximate surface area is 266 Å². The number of hydrogen-bond acceptors (Lipinski definition) is 7. The normalized spacial score (nSPS) is 16.3. The first-order chi connectivity index (χ1) is 20.7. The van der Waals surface area contributed by atoms with E-state index in [9.17, 15) is 9.59 Å². The minimum absolute atomic E-state index is 0.0401. The molecule has 5 rings (SSSR count). The Morgan fingerprint density at radius 2 is 1.81 bits per heavy atom. The molecule has 3 aromatic carbocycles. The van der Waals surface area contributed by atoms with Crippen molar-refractivity contribution in [3.63, 3.8) is 0 Å². The highest BCUT2D eigenvalue weighted by molar-refractivity contribution is 7.97. The lowest BCUT2D eigenvalue weighted by atomic mass is 9.84. The lowest BCUT2D eigenvalue weighted by molar-refractivity contribution is -0.149. The summed E-state index contributed by atoms with van der Waals surface area (Å²) in [6.07, 6.45) is 0.626. The van der Waals surface area contributed by atoms with Crippen molar-refractivity contribution < 1.29 is 19.1 Å². The molecule has 1 fully saturated rings. The van der Waals surface area contributed by atoms with Gasteiger partial charge in [0.25, 0.3) is 5.91 Å². The zero-order valence-electron chi connectivity index (χ0n) is 24.8. The summed E-state index contributed by atoms with van der Waals surface area (Å²) >= 11 is 9.34. The van der Waals surface area contributed by atoms with Crippen LogP contribution in [0.15, 0.2) is 72.1 Å². The highest BCUT2D eigenvalue weighted by atomic mass is 35.5. The molecule has 7 nitrogen and oxygen atoms in total. The van der Waals surface area contributed by atoms with Gasteiger partial charge in [0.2, 0.25) is 5.91 Å². The number of thiophene rings is 1. The fourth-order valence-electron chi connectivity index (χ4n) is 5.37. The third kappa shape index (κ3) is 6.80. The number of rotatable bonds is 12. The molecule has 1 atom stereocenters. The Hall–Kier alpha value is -3.24. The first-order valence-corrected chi connectivity index (χ1v) is 16.3. The third-order valence-corrected chi connectivity index (χ3v) is 10.1. The first-order valence-electron chi connectivity index (χ1n) is 14.1. The van der Waals surface area contributed by atoms with Crippen molar-refractivity contribution in [3.8, 4) is 11.5 Å². The maximum Gasteiger partial charge on any atom is 0.256 e. The molecule has 0 bridgehead atoms. The standard InChI is InChI=1S/C33H36ClN3O4S2/c1-33(15-16-37(33)31(38)28-22-42-30-8-6-5-7-27(28)30)32(39)36(20-23-9-12-25(34)13-10-23)17-18-43-35(2)21-24-11-14-26(40-3)19-29(24)41-4/h5-14,19,22H,15-18,20-21H2,1-4H3. The van der Waals surface area contributed by atoms with Crippen LogP contribution in [0.1, 0.15) is 34.8 Å². The second-order valence-electron chi connectivity index (χ2n) is 10.8. The molecule has 0 N–H and O–H groups in total. The van der Waals surface area contributed by atoms with Crippen LogP contribution >= 0.6 is 34.9 Å². The minimum atomic E-state index is -0.903. The molecular weight excluding hydrogens is 602 g/mol. The molecule has 226 valence electrons. The molecule has 1 aromatic heterocycles. The number of carbonyl (C=O) groups excluding carboxylic acids is 2. The van der Waals surface area contributed by atoms with E-state index in [4.69, 9.17) is 21.1 Å². The quantitative estimate of drug-likeness (QED) is 0.156. The second kappa shape index (κ2) is 13.6. The number of ether oxygens (including phenoxy) is 2. The molecule has 4 aromatic rings. The van der Waals surface area contributed by atoms with Gasteiger partial charge in [-0.1, -0.05) is 59.9 Å². The molecular formula is C33H36ClN3O4S2. The number of fused-ring (bicyclic) bond motifs is 1. The molecule has 1 aliphatic rings. The maximum absolute atomic E-state index is 14.2. The van der Waals surface area contributed by atoms with Crippen molar-refractivity contribution in [2.75, 3.05) is 40.1 Å². The molecule has 0 aliphatic carbocycles. The Morgan fingerprint density at radius 3 is 2.51 bits per heavy atom.